The van der Waals surface area contributed by atoms with Crippen molar-refractivity contribution in [3.8, 4) is 5.75 Å². The van der Waals surface area contributed by atoms with Crippen LogP contribution < -0.4 is 10.1 Å². The zero-order valence-electron chi connectivity index (χ0n) is 9.38. The second kappa shape index (κ2) is 5.91. The Bertz CT molecular complexity index is 578. The molecule has 0 saturated carbocycles. The molecule has 2 aromatic rings. The van der Waals surface area contributed by atoms with Crippen LogP contribution in [-0.4, -0.2) is 12.1 Å². The molecule has 18 heavy (non-hydrogen) atoms. The summed E-state index contributed by atoms with van der Waals surface area (Å²) in [6, 6.07) is 7.41. The molecule has 1 aromatic carbocycles. The lowest BCUT2D eigenvalue weighted by atomic mass is 10.3. The Balaban J connectivity index is 2.33. The fourth-order valence-corrected chi connectivity index (χ4v) is 2.38. The Kier molecular flexibility index (Phi) is 4.48. The van der Waals surface area contributed by atoms with E-state index in [0.717, 1.165) is 20.4 Å². The summed E-state index contributed by atoms with van der Waals surface area (Å²) < 4.78 is 6.92. The molecular formula is C12H9Br2ClN2O. The monoisotopic (exact) mass is 390 g/mol. The number of benzene rings is 1. The summed E-state index contributed by atoms with van der Waals surface area (Å²) in [5.74, 6) is 1.35. The van der Waals surface area contributed by atoms with Gasteiger partial charge in [0.15, 0.2) is 0 Å². The van der Waals surface area contributed by atoms with Crippen molar-refractivity contribution in [2.24, 2.45) is 0 Å². The van der Waals surface area contributed by atoms with E-state index < -0.39 is 0 Å². The van der Waals surface area contributed by atoms with Gasteiger partial charge in [0, 0.05) is 21.2 Å². The molecule has 0 amide bonds. The number of hydrogen-bond donors (Lipinski definition) is 1. The topological polar surface area (TPSA) is 34.1 Å². The van der Waals surface area contributed by atoms with Crippen molar-refractivity contribution in [2.45, 2.75) is 0 Å². The molecule has 3 nitrogen and oxygen atoms in total. The molecule has 6 heteroatoms. The summed E-state index contributed by atoms with van der Waals surface area (Å²) >= 11 is 12.9. The molecule has 0 aliphatic rings. The van der Waals surface area contributed by atoms with Gasteiger partial charge in [-0.1, -0.05) is 11.6 Å². The number of pyridine rings is 1. The van der Waals surface area contributed by atoms with Gasteiger partial charge in [-0.05, 0) is 50.1 Å². The molecule has 0 bridgehead atoms. The van der Waals surface area contributed by atoms with E-state index in [1.165, 1.54) is 0 Å². The van der Waals surface area contributed by atoms with Crippen LogP contribution in [0.25, 0.3) is 0 Å². The lowest BCUT2D eigenvalue weighted by Gasteiger charge is -2.10. The van der Waals surface area contributed by atoms with Gasteiger partial charge in [-0.2, -0.15) is 0 Å². The van der Waals surface area contributed by atoms with Gasteiger partial charge in [0.05, 0.1) is 17.8 Å². The van der Waals surface area contributed by atoms with E-state index >= 15 is 0 Å². The average molecular weight is 392 g/mol. The van der Waals surface area contributed by atoms with Crippen molar-refractivity contribution >= 4 is 55.0 Å². The Morgan fingerprint density at radius 1 is 1.28 bits per heavy atom. The van der Waals surface area contributed by atoms with Crippen LogP contribution in [-0.2, 0) is 0 Å². The minimum absolute atomic E-state index is 0.541. The van der Waals surface area contributed by atoms with E-state index in [2.05, 4.69) is 42.2 Å². The first-order chi connectivity index (χ1) is 8.60. The highest BCUT2D eigenvalue weighted by atomic mass is 79.9. The first-order valence-corrected chi connectivity index (χ1v) is 6.98. The van der Waals surface area contributed by atoms with E-state index in [9.17, 15) is 0 Å². The first-order valence-electron chi connectivity index (χ1n) is 5.02. The molecule has 0 fully saturated rings. The van der Waals surface area contributed by atoms with Crippen LogP contribution in [0.3, 0.4) is 0 Å². The zero-order chi connectivity index (χ0) is 13.1. The number of anilines is 2. The molecule has 1 aromatic heterocycles. The fraction of sp³-hybridized carbons (Fsp3) is 0.0833. The van der Waals surface area contributed by atoms with Crippen LogP contribution >= 0.6 is 43.5 Å². The van der Waals surface area contributed by atoms with E-state index in [-0.39, 0.29) is 0 Å². The minimum Gasteiger partial charge on any atom is -0.497 e. The molecule has 2 rings (SSSR count). The van der Waals surface area contributed by atoms with E-state index in [1.807, 2.05) is 18.2 Å². The molecule has 0 aliphatic heterocycles. The lowest BCUT2D eigenvalue weighted by molar-refractivity contribution is 0.415. The predicted octanol–water partition coefficient (Wildman–Crippen LogP) is 5.01. The number of nitrogens with one attached hydrogen (secondary N) is 1. The van der Waals surface area contributed by atoms with Crippen molar-refractivity contribution in [3.05, 3.63) is 44.4 Å². The number of ether oxygens (including phenoxy) is 1. The minimum atomic E-state index is 0.541. The van der Waals surface area contributed by atoms with Crippen LogP contribution in [0.2, 0.25) is 5.02 Å². The third kappa shape index (κ3) is 3.16. The molecule has 94 valence electrons. The standard InChI is InChI=1S/C12H9Br2ClN2O/c1-18-8-2-3-9(14)11(5-8)17-12-10(15)4-7(13)6-16-12/h2-6H,1H3,(H,16,17). The smallest absolute Gasteiger partial charge is 0.149 e. The van der Waals surface area contributed by atoms with Crippen molar-refractivity contribution < 1.29 is 4.74 Å². The largest absolute Gasteiger partial charge is 0.497 e. The predicted molar refractivity (Wildman–Crippen MR) is 80.9 cm³/mol. The van der Waals surface area contributed by atoms with Gasteiger partial charge in [-0.25, -0.2) is 4.98 Å². The number of halogens is 3. The summed E-state index contributed by atoms with van der Waals surface area (Å²) in [7, 11) is 1.62. The Morgan fingerprint density at radius 2 is 2.06 bits per heavy atom. The van der Waals surface area contributed by atoms with Crippen molar-refractivity contribution in [3.63, 3.8) is 0 Å². The van der Waals surface area contributed by atoms with Crippen LogP contribution in [0.5, 0.6) is 5.75 Å². The molecule has 0 radical (unpaired) electrons. The Morgan fingerprint density at radius 3 is 2.72 bits per heavy atom. The third-order valence-electron chi connectivity index (χ3n) is 2.23. The summed E-state index contributed by atoms with van der Waals surface area (Å²) in [4.78, 5) is 4.22. The van der Waals surface area contributed by atoms with Crippen LogP contribution in [0.4, 0.5) is 11.5 Å². The molecular weight excluding hydrogens is 383 g/mol. The van der Waals surface area contributed by atoms with Gasteiger partial charge >= 0.3 is 0 Å². The van der Waals surface area contributed by atoms with Crippen molar-refractivity contribution in [1.82, 2.24) is 4.98 Å². The molecule has 0 spiro atoms. The Hall–Kier alpha value is -0.780. The number of rotatable bonds is 3. The van der Waals surface area contributed by atoms with Crippen LogP contribution in [0.15, 0.2) is 39.4 Å². The van der Waals surface area contributed by atoms with Gasteiger partial charge in [-0.15, -0.1) is 0 Å². The van der Waals surface area contributed by atoms with Gasteiger partial charge in [0.1, 0.15) is 11.6 Å². The van der Waals surface area contributed by atoms with E-state index in [4.69, 9.17) is 16.3 Å². The molecule has 1 N–H and O–H groups in total. The summed E-state index contributed by atoms with van der Waals surface area (Å²) in [6.07, 6.45) is 1.68. The molecule has 1 heterocycles. The number of nitrogens with zero attached hydrogens (tertiary/aromatic N) is 1. The van der Waals surface area contributed by atoms with Gasteiger partial charge < -0.3 is 10.1 Å². The summed E-state index contributed by atoms with van der Waals surface area (Å²) in [5.41, 5.74) is 0.839. The fourth-order valence-electron chi connectivity index (χ4n) is 1.36. The summed E-state index contributed by atoms with van der Waals surface area (Å²) in [5, 5.41) is 3.69. The van der Waals surface area contributed by atoms with Crippen LogP contribution in [0.1, 0.15) is 0 Å². The lowest BCUT2D eigenvalue weighted by Crippen LogP contribution is -1.96. The highest BCUT2D eigenvalue weighted by molar-refractivity contribution is 9.10. The Labute approximate surface area is 127 Å². The third-order valence-corrected chi connectivity index (χ3v) is 3.65. The van der Waals surface area contributed by atoms with Gasteiger partial charge in [0.25, 0.3) is 0 Å². The first kappa shape index (κ1) is 13.6. The maximum atomic E-state index is 6.10. The second-order valence-corrected chi connectivity index (χ2v) is 5.63. The quantitative estimate of drug-likeness (QED) is 0.797. The number of aromatic nitrogens is 1. The van der Waals surface area contributed by atoms with Crippen molar-refractivity contribution in [2.75, 3.05) is 12.4 Å². The van der Waals surface area contributed by atoms with Gasteiger partial charge in [-0.3, -0.25) is 0 Å². The normalized spacial score (nSPS) is 10.2. The van der Waals surface area contributed by atoms with E-state index in [1.54, 1.807) is 19.4 Å². The van der Waals surface area contributed by atoms with Gasteiger partial charge in [0.2, 0.25) is 0 Å². The SMILES string of the molecule is COc1ccc(Br)c(Nc2ncc(Br)cc2Cl)c1. The maximum absolute atomic E-state index is 6.10. The maximum Gasteiger partial charge on any atom is 0.149 e. The highest BCUT2D eigenvalue weighted by Gasteiger charge is 2.07. The molecule has 0 atom stereocenters. The van der Waals surface area contributed by atoms with Crippen LogP contribution in [0, 0.1) is 0 Å². The number of methoxy groups -OCH3 is 1. The number of hydrogen-bond acceptors (Lipinski definition) is 3. The van der Waals surface area contributed by atoms with E-state index in [0.29, 0.717) is 10.8 Å². The highest BCUT2D eigenvalue weighted by Crippen LogP contribution is 2.32. The zero-order valence-corrected chi connectivity index (χ0v) is 13.3. The second-order valence-electron chi connectivity index (χ2n) is 3.45. The van der Waals surface area contributed by atoms with Crippen molar-refractivity contribution in [1.29, 1.82) is 0 Å². The molecule has 0 unspecified atom stereocenters. The molecule has 0 aliphatic carbocycles. The molecule has 0 saturated heterocycles. The summed E-state index contributed by atoms with van der Waals surface area (Å²) in [6.45, 7) is 0. The average Bonchev–Trinajstić information content (AvgIpc) is 2.35.